The summed E-state index contributed by atoms with van der Waals surface area (Å²) in [6, 6.07) is 14.0. The van der Waals surface area contributed by atoms with Gasteiger partial charge in [0.05, 0.1) is 25.3 Å². The molecule has 5 heteroatoms. The molecule has 0 bridgehead atoms. The lowest BCUT2D eigenvalue weighted by Gasteiger charge is -2.34. The van der Waals surface area contributed by atoms with Gasteiger partial charge >= 0.3 is 5.97 Å². The molecular formula is C18H20N2O3. The molecule has 0 amide bonds. The number of carbonyl (C=O) groups is 1. The number of morpholine rings is 1. The largest absolute Gasteiger partial charge is 0.481 e. The van der Waals surface area contributed by atoms with Gasteiger partial charge in [0.25, 0.3) is 0 Å². The van der Waals surface area contributed by atoms with Gasteiger partial charge < -0.3 is 9.84 Å². The third-order valence-corrected chi connectivity index (χ3v) is 4.03. The van der Waals surface area contributed by atoms with Crippen molar-refractivity contribution in [1.82, 2.24) is 9.88 Å². The van der Waals surface area contributed by atoms with E-state index in [9.17, 15) is 4.79 Å². The van der Waals surface area contributed by atoms with E-state index in [0.29, 0.717) is 13.2 Å². The molecule has 1 atom stereocenters. The molecule has 1 aromatic heterocycles. The molecule has 0 radical (unpaired) electrons. The number of aromatic nitrogens is 1. The van der Waals surface area contributed by atoms with Gasteiger partial charge in [-0.05, 0) is 23.8 Å². The van der Waals surface area contributed by atoms with Crippen LogP contribution in [0.1, 0.15) is 12.0 Å². The van der Waals surface area contributed by atoms with Crippen molar-refractivity contribution in [3.63, 3.8) is 0 Å². The van der Waals surface area contributed by atoms with Crippen molar-refractivity contribution in [3.8, 4) is 11.3 Å². The number of pyridine rings is 1. The second-order valence-electron chi connectivity index (χ2n) is 5.71. The highest BCUT2D eigenvalue weighted by atomic mass is 16.5. The van der Waals surface area contributed by atoms with Crippen molar-refractivity contribution in [2.75, 3.05) is 19.8 Å². The van der Waals surface area contributed by atoms with Crippen LogP contribution in [0, 0.1) is 0 Å². The molecule has 0 aliphatic carbocycles. The predicted molar refractivity (Wildman–Crippen MR) is 86.9 cm³/mol. The lowest BCUT2D eigenvalue weighted by Crippen LogP contribution is -2.45. The van der Waals surface area contributed by atoms with Crippen molar-refractivity contribution in [2.45, 2.75) is 19.0 Å². The average Bonchev–Trinajstić information content (AvgIpc) is 2.57. The normalized spacial score (nSPS) is 18.7. The molecule has 2 aromatic rings. The van der Waals surface area contributed by atoms with Crippen LogP contribution in [0.5, 0.6) is 0 Å². The zero-order valence-electron chi connectivity index (χ0n) is 12.9. The van der Waals surface area contributed by atoms with Gasteiger partial charge in [0, 0.05) is 30.9 Å². The number of nitrogens with zero attached hydrogens (tertiary/aromatic N) is 2. The first kappa shape index (κ1) is 15.6. The van der Waals surface area contributed by atoms with Gasteiger partial charge in [0.2, 0.25) is 0 Å². The van der Waals surface area contributed by atoms with E-state index in [0.717, 1.165) is 29.9 Å². The molecule has 1 fully saturated rings. The minimum absolute atomic E-state index is 0.0697. The molecule has 3 rings (SSSR count). The molecule has 1 aliphatic heterocycles. The average molecular weight is 312 g/mol. The molecule has 0 unspecified atom stereocenters. The first-order valence-corrected chi connectivity index (χ1v) is 7.76. The van der Waals surface area contributed by atoms with Crippen LogP contribution in [-0.4, -0.2) is 46.8 Å². The number of rotatable bonds is 5. The summed E-state index contributed by atoms with van der Waals surface area (Å²) >= 11 is 0. The molecular weight excluding hydrogens is 292 g/mol. The SMILES string of the molecule is O=C(O)C[C@H]1COCCN1Cc1cccc(-c2ccccn2)c1. The summed E-state index contributed by atoms with van der Waals surface area (Å²) in [6.07, 6.45) is 1.90. The highest BCUT2D eigenvalue weighted by molar-refractivity contribution is 5.67. The van der Waals surface area contributed by atoms with E-state index >= 15 is 0 Å². The van der Waals surface area contributed by atoms with Gasteiger partial charge in [0.1, 0.15) is 0 Å². The Kier molecular flexibility index (Phi) is 5.00. The first-order chi connectivity index (χ1) is 11.2. The van der Waals surface area contributed by atoms with Crippen molar-refractivity contribution in [1.29, 1.82) is 0 Å². The number of aliphatic carboxylic acids is 1. The summed E-state index contributed by atoms with van der Waals surface area (Å²) in [6.45, 7) is 2.61. The number of hydrogen-bond acceptors (Lipinski definition) is 4. The number of ether oxygens (including phenoxy) is 1. The second-order valence-corrected chi connectivity index (χ2v) is 5.71. The fourth-order valence-electron chi connectivity index (χ4n) is 2.88. The zero-order chi connectivity index (χ0) is 16.1. The van der Waals surface area contributed by atoms with E-state index in [1.54, 1.807) is 6.20 Å². The first-order valence-electron chi connectivity index (χ1n) is 7.76. The Morgan fingerprint density at radius 3 is 3.00 bits per heavy atom. The Morgan fingerprint density at radius 2 is 2.22 bits per heavy atom. The van der Waals surface area contributed by atoms with Crippen LogP contribution >= 0.6 is 0 Å². The molecule has 2 heterocycles. The number of carboxylic acid groups (broad SMARTS) is 1. The lowest BCUT2D eigenvalue weighted by atomic mass is 10.1. The summed E-state index contributed by atoms with van der Waals surface area (Å²) in [5, 5.41) is 9.05. The van der Waals surface area contributed by atoms with Crippen LogP contribution in [0.4, 0.5) is 0 Å². The standard InChI is InChI=1S/C18H20N2O3/c21-18(22)11-16-13-23-9-8-20(16)12-14-4-3-5-15(10-14)17-6-1-2-7-19-17/h1-7,10,16H,8-9,11-13H2,(H,21,22)/t16-/m0/s1. The maximum Gasteiger partial charge on any atom is 0.305 e. The Bertz CT molecular complexity index is 660. The Hall–Kier alpha value is -2.24. The quantitative estimate of drug-likeness (QED) is 0.918. The van der Waals surface area contributed by atoms with Crippen molar-refractivity contribution in [3.05, 3.63) is 54.2 Å². The molecule has 0 spiro atoms. The molecule has 1 aromatic carbocycles. The molecule has 1 aliphatic rings. The third kappa shape index (κ3) is 4.15. The van der Waals surface area contributed by atoms with Crippen LogP contribution < -0.4 is 0 Å². The minimum atomic E-state index is -0.785. The van der Waals surface area contributed by atoms with Gasteiger partial charge in [-0.2, -0.15) is 0 Å². The van der Waals surface area contributed by atoms with E-state index in [2.05, 4.69) is 22.0 Å². The Morgan fingerprint density at radius 1 is 1.30 bits per heavy atom. The van der Waals surface area contributed by atoms with E-state index in [1.807, 2.05) is 30.3 Å². The molecule has 1 saturated heterocycles. The highest BCUT2D eigenvalue weighted by Crippen LogP contribution is 2.20. The second kappa shape index (κ2) is 7.35. The fraction of sp³-hybridized carbons (Fsp3) is 0.333. The van der Waals surface area contributed by atoms with Crippen LogP contribution in [0.3, 0.4) is 0 Å². The van der Waals surface area contributed by atoms with Crippen LogP contribution in [0.25, 0.3) is 11.3 Å². The summed E-state index contributed by atoms with van der Waals surface area (Å²) in [4.78, 5) is 17.6. The van der Waals surface area contributed by atoms with E-state index in [1.165, 1.54) is 0 Å². The van der Waals surface area contributed by atoms with Crippen LogP contribution in [-0.2, 0) is 16.1 Å². The van der Waals surface area contributed by atoms with E-state index in [-0.39, 0.29) is 12.5 Å². The summed E-state index contributed by atoms with van der Waals surface area (Å²) in [5.74, 6) is -0.785. The van der Waals surface area contributed by atoms with Gasteiger partial charge in [-0.1, -0.05) is 24.3 Å². The maximum atomic E-state index is 11.0. The molecule has 120 valence electrons. The Labute approximate surface area is 135 Å². The van der Waals surface area contributed by atoms with E-state index in [4.69, 9.17) is 9.84 Å². The number of hydrogen-bond donors (Lipinski definition) is 1. The number of carboxylic acids is 1. The molecule has 1 N–H and O–H groups in total. The topological polar surface area (TPSA) is 62.7 Å². The number of benzene rings is 1. The smallest absolute Gasteiger partial charge is 0.305 e. The van der Waals surface area contributed by atoms with Gasteiger partial charge in [-0.15, -0.1) is 0 Å². The van der Waals surface area contributed by atoms with Crippen molar-refractivity contribution >= 4 is 5.97 Å². The molecule has 23 heavy (non-hydrogen) atoms. The molecule has 5 nitrogen and oxygen atoms in total. The summed E-state index contributed by atoms with van der Waals surface area (Å²) in [7, 11) is 0. The lowest BCUT2D eigenvalue weighted by molar-refractivity contribution is -0.140. The predicted octanol–water partition coefficient (Wildman–Crippen LogP) is 2.42. The van der Waals surface area contributed by atoms with Crippen LogP contribution in [0.15, 0.2) is 48.7 Å². The zero-order valence-corrected chi connectivity index (χ0v) is 12.9. The van der Waals surface area contributed by atoms with Crippen molar-refractivity contribution in [2.24, 2.45) is 0 Å². The van der Waals surface area contributed by atoms with Gasteiger partial charge in [-0.25, -0.2) is 0 Å². The van der Waals surface area contributed by atoms with E-state index < -0.39 is 5.97 Å². The minimum Gasteiger partial charge on any atom is -0.481 e. The fourth-order valence-corrected chi connectivity index (χ4v) is 2.88. The molecule has 0 saturated carbocycles. The van der Waals surface area contributed by atoms with Gasteiger partial charge in [-0.3, -0.25) is 14.7 Å². The summed E-state index contributed by atoms with van der Waals surface area (Å²) in [5.41, 5.74) is 3.18. The third-order valence-electron chi connectivity index (χ3n) is 4.03. The Balaban J connectivity index is 1.75. The monoisotopic (exact) mass is 312 g/mol. The summed E-state index contributed by atoms with van der Waals surface area (Å²) < 4.78 is 5.43. The maximum absolute atomic E-state index is 11.0. The van der Waals surface area contributed by atoms with Crippen molar-refractivity contribution < 1.29 is 14.6 Å². The highest BCUT2D eigenvalue weighted by Gasteiger charge is 2.25. The van der Waals surface area contributed by atoms with Gasteiger partial charge in [0.15, 0.2) is 0 Å². The van der Waals surface area contributed by atoms with Crippen LogP contribution in [0.2, 0.25) is 0 Å².